The van der Waals surface area contributed by atoms with Gasteiger partial charge in [0.05, 0.1) is 12.6 Å². The molecule has 0 aromatic heterocycles. The second kappa shape index (κ2) is 6.70. The number of methoxy groups -OCH3 is 1. The van der Waals surface area contributed by atoms with E-state index >= 15 is 0 Å². The Bertz CT molecular complexity index is 405. The lowest BCUT2D eigenvalue weighted by Crippen LogP contribution is -2.32. The zero-order valence-corrected chi connectivity index (χ0v) is 12.4. The van der Waals surface area contributed by atoms with Crippen LogP contribution in [0.1, 0.15) is 30.9 Å². The van der Waals surface area contributed by atoms with Gasteiger partial charge in [0, 0.05) is 19.7 Å². The molecular formula is C17H26N2O. The molecule has 1 N–H and O–H groups in total. The molecule has 1 aliphatic carbocycles. The second-order valence-corrected chi connectivity index (χ2v) is 6.21. The van der Waals surface area contributed by atoms with Gasteiger partial charge in [0.15, 0.2) is 0 Å². The normalized spacial score (nSPS) is 24.9. The van der Waals surface area contributed by atoms with Gasteiger partial charge in [-0.25, -0.2) is 0 Å². The van der Waals surface area contributed by atoms with E-state index in [0.717, 1.165) is 25.1 Å². The van der Waals surface area contributed by atoms with Crippen LogP contribution in [0.3, 0.4) is 0 Å². The molecule has 2 aliphatic rings. The minimum absolute atomic E-state index is 0.316. The summed E-state index contributed by atoms with van der Waals surface area (Å²) in [6, 6.07) is 11.9. The van der Waals surface area contributed by atoms with E-state index in [-0.39, 0.29) is 0 Å². The molecule has 1 saturated heterocycles. The topological polar surface area (TPSA) is 24.5 Å². The minimum Gasteiger partial charge on any atom is -0.383 e. The van der Waals surface area contributed by atoms with E-state index in [1.165, 1.54) is 37.9 Å². The van der Waals surface area contributed by atoms with Crippen LogP contribution in [-0.4, -0.2) is 44.3 Å². The standard InChI is InChI=1S/C17H26N2O/c1-20-13-17(15-5-3-2-4-6-15)18-11-14-9-10-19(12-14)16-7-8-16/h2-6,14,16-18H,7-13H2,1H3. The fourth-order valence-corrected chi connectivity index (χ4v) is 3.23. The monoisotopic (exact) mass is 274 g/mol. The van der Waals surface area contributed by atoms with Crippen molar-refractivity contribution in [2.75, 3.05) is 33.4 Å². The van der Waals surface area contributed by atoms with Crippen molar-refractivity contribution in [1.29, 1.82) is 0 Å². The van der Waals surface area contributed by atoms with Crippen molar-refractivity contribution >= 4 is 0 Å². The molecule has 3 nitrogen and oxygen atoms in total. The van der Waals surface area contributed by atoms with Gasteiger partial charge >= 0.3 is 0 Å². The van der Waals surface area contributed by atoms with Gasteiger partial charge in [-0.15, -0.1) is 0 Å². The smallest absolute Gasteiger partial charge is 0.0657 e. The summed E-state index contributed by atoms with van der Waals surface area (Å²) in [5.41, 5.74) is 1.33. The lowest BCUT2D eigenvalue weighted by Gasteiger charge is -2.21. The zero-order valence-electron chi connectivity index (χ0n) is 12.4. The Morgan fingerprint density at radius 3 is 2.75 bits per heavy atom. The Labute approximate surface area is 122 Å². The number of ether oxygens (including phenoxy) is 1. The number of hydrogen-bond acceptors (Lipinski definition) is 3. The second-order valence-electron chi connectivity index (χ2n) is 6.21. The van der Waals surface area contributed by atoms with E-state index in [1.807, 2.05) is 0 Å². The molecule has 110 valence electrons. The first-order chi connectivity index (χ1) is 9.86. The molecule has 1 aromatic carbocycles. The largest absolute Gasteiger partial charge is 0.383 e. The Kier molecular flexibility index (Phi) is 4.71. The molecule has 0 amide bonds. The average molecular weight is 274 g/mol. The van der Waals surface area contributed by atoms with Crippen molar-refractivity contribution in [2.24, 2.45) is 5.92 Å². The first kappa shape index (κ1) is 14.1. The zero-order chi connectivity index (χ0) is 13.8. The lowest BCUT2D eigenvalue weighted by molar-refractivity contribution is 0.164. The van der Waals surface area contributed by atoms with Crippen molar-refractivity contribution in [2.45, 2.75) is 31.3 Å². The molecule has 1 heterocycles. The highest BCUT2D eigenvalue weighted by molar-refractivity contribution is 5.19. The minimum atomic E-state index is 0.316. The molecule has 2 unspecified atom stereocenters. The summed E-state index contributed by atoms with van der Waals surface area (Å²) in [7, 11) is 1.78. The molecule has 3 heteroatoms. The predicted octanol–water partition coefficient (Wildman–Crippen LogP) is 2.45. The van der Waals surface area contributed by atoms with Gasteiger partial charge in [0.1, 0.15) is 0 Å². The van der Waals surface area contributed by atoms with Crippen LogP contribution in [0.4, 0.5) is 0 Å². The molecule has 2 atom stereocenters. The van der Waals surface area contributed by atoms with Gasteiger partial charge in [-0.3, -0.25) is 0 Å². The first-order valence-corrected chi connectivity index (χ1v) is 7.88. The summed E-state index contributed by atoms with van der Waals surface area (Å²) in [5.74, 6) is 0.804. The number of likely N-dealkylation sites (tertiary alicyclic amines) is 1. The Balaban J connectivity index is 1.49. The molecule has 3 rings (SSSR count). The summed E-state index contributed by atoms with van der Waals surface area (Å²) in [6.45, 7) is 4.43. The van der Waals surface area contributed by atoms with Gasteiger partial charge in [0.25, 0.3) is 0 Å². The maximum absolute atomic E-state index is 5.37. The highest BCUT2D eigenvalue weighted by Crippen LogP contribution is 2.31. The Morgan fingerprint density at radius 1 is 1.25 bits per heavy atom. The third kappa shape index (κ3) is 3.60. The summed E-state index contributed by atoms with van der Waals surface area (Å²) in [5, 5.41) is 3.71. The van der Waals surface area contributed by atoms with Crippen LogP contribution in [0.15, 0.2) is 30.3 Å². The highest BCUT2D eigenvalue weighted by Gasteiger charge is 2.34. The first-order valence-electron chi connectivity index (χ1n) is 7.88. The molecule has 2 fully saturated rings. The van der Waals surface area contributed by atoms with E-state index in [9.17, 15) is 0 Å². The van der Waals surface area contributed by atoms with Crippen molar-refractivity contribution in [3.63, 3.8) is 0 Å². The molecule has 1 aliphatic heterocycles. The molecular weight excluding hydrogens is 248 g/mol. The number of rotatable bonds is 7. The predicted molar refractivity (Wildman–Crippen MR) is 81.8 cm³/mol. The van der Waals surface area contributed by atoms with Gasteiger partial charge in [0.2, 0.25) is 0 Å². The summed E-state index contributed by atoms with van der Waals surface area (Å²) in [6.07, 6.45) is 4.20. The Morgan fingerprint density at radius 2 is 2.05 bits per heavy atom. The Hall–Kier alpha value is -0.900. The molecule has 0 spiro atoms. The van der Waals surface area contributed by atoms with Gasteiger partial charge in [-0.1, -0.05) is 30.3 Å². The third-order valence-electron chi connectivity index (χ3n) is 4.57. The number of nitrogens with zero attached hydrogens (tertiary/aromatic N) is 1. The molecule has 20 heavy (non-hydrogen) atoms. The summed E-state index contributed by atoms with van der Waals surface area (Å²) in [4.78, 5) is 2.68. The van der Waals surface area contributed by atoms with Crippen LogP contribution >= 0.6 is 0 Å². The van der Waals surface area contributed by atoms with Gasteiger partial charge < -0.3 is 15.0 Å². The van der Waals surface area contributed by atoms with E-state index in [0.29, 0.717) is 6.04 Å². The highest BCUT2D eigenvalue weighted by atomic mass is 16.5. The number of nitrogens with one attached hydrogen (secondary N) is 1. The van der Waals surface area contributed by atoms with E-state index in [1.54, 1.807) is 7.11 Å². The quantitative estimate of drug-likeness (QED) is 0.826. The maximum Gasteiger partial charge on any atom is 0.0657 e. The van der Waals surface area contributed by atoms with Gasteiger partial charge in [-0.2, -0.15) is 0 Å². The number of hydrogen-bond donors (Lipinski definition) is 1. The van der Waals surface area contributed by atoms with Crippen LogP contribution in [0, 0.1) is 5.92 Å². The van der Waals surface area contributed by atoms with Crippen LogP contribution in [0.25, 0.3) is 0 Å². The van der Waals surface area contributed by atoms with Crippen LogP contribution in [0.2, 0.25) is 0 Å². The fraction of sp³-hybridized carbons (Fsp3) is 0.647. The molecule has 1 aromatic rings. The van der Waals surface area contributed by atoms with Crippen LogP contribution in [-0.2, 0) is 4.74 Å². The fourth-order valence-electron chi connectivity index (χ4n) is 3.23. The van der Waals surface area contributed by atoms with Gasteiger partial charge in [-0.05, 0) is 43.8 Å². The number of benzene rings is 1. The van der Waals surface area contributed by atoms with E-state index in [4.69, 9.17) is 4.74 Å². The summed E-state index contributed by atoms with van der Waals surface area (Å²) >= 11 is 0. The van der Waals surface area contributed by atoms with E-state index < -0.39 is 0 Å². The molecule has 0 bridgehead atoms. The lowest BCUT2D eigenvalue weighted by atomic mass is 10.1. The van der Waals surface area contributed by atoms with Crippen molar-refractivity contribution in [3.05, 3.63) is 35.9 Å². The third-order valence-corrected chi connectivity index (χ3v) is 4.57. The average Bonchev–Trinajstić information content (AvgIpc) is 3.24. The SMILES string of the molecule is COCC(NCC1CCN(C2CC2)C1)c1ccccc1. The van der Waals surface area contributed by atoms with Crippen LogP contribution < -0.4 is 5.32 Å². The van der Waals surface area contributed by atoms with Crippen LogP contribution in [0.5, 0.6) is 0 Å². The van der Waals surface area contributed by atoms with Crippen molar-refractivity contribution in [3.8, 4) is 0 Å². The molecule has 1 saturated carbocycles. The van der Waals surface area contributed by atoms with Crippen molar-refractivity contribution < 1.29 is 4.74 Å². The summed E-state index contributed by atoms with van der Waals surface area (Å²) < 4.78 is 5.37. The molecule has 0 radical (unpaired) electrons. The van der Waals surface area contributed by atoms with Crippen molar-refractivity contribution in [1.82, 2.24) is 10.2 Å². The van der Waals surface area contributed by atoms with E-state index in [2.05, 4.69) is 40.5 Å². The maximum atomic E-state index is 5.37.